The molecule has 1 aliphatic heterocycles. The van der Waals surface area contributed by atoms with E-state index in [1.165, 1.54) is 11.9 Å². The van der Waals surface area contributed by atoms with Crippen LogP contribution in [0.3, 0.4) is 0 Å². The number of nitrogens with zero attached hydrogens (tertiary/aromatic N) is 7. The van der Waals surface area contributed by atoms with Crippen LogP contribution in [0.4, 0.5) is 10.5 Å². The fraction of sp³-hybridized carbons (Fsp3) is 0.286. The van der Waals surface area contributed by atoms with E-state index in [1.54, 1.807) is 4.68 Å². The SMILES string of the molecule is Cc1ccc(-n2cnnn2)cc1NC(=O)N1CCN(Cc2ccc(C#N)cc2)CC1. The molecule has 0 saturated carbocycles. The summed E-state index contributed by atoms with van der Waals surface area (Å²) in [5, 5.41) is 23.1. The molecule has 1 aliphatic rings. The number of aromatic nitrogens is 4. The predicted octanol–water partition coefficient (Wildman–Crippen LogP) is 2.19. The second kappa shape index (κ2) is 8.71. The number of amides is 2. The van der Waals surface area contributed by atoms with Gasteiger partial charge in [0.15, 0.2) is 0 Å². The quantitative estimate of drug-likeness (QED) is 0.718. The van der Waals surface area contributed by atoms with Gasteiger partial charge >= 0.3 is 6.03 Å². The first-order valence-corrected chi connectivity index (χ1v) is 9.74. The summed E-state index contributed by atoms with van der Waals surface area (Å²) in [5.41, 5.74) is 4.34. The van der Waals surface area contributed by atoms with Crippen molar-refractivity contribution < 1.29 is 4.79 Å². The second-order valence-corrected chi connectivity index (χ2v) is 7.26. The Labute approximate surface area is 174 Å². The Balaban J connectivity index is 1.33. The van der Waals surface area contributed by atoms with Crippen LogP contribution in [0.15, 0.2) is 48.8 Å². The molecule has 1 N–H and O–H groups in total. The van der Waals surface area contributed by atoms with Crippen LogP contribution in [-0.2, 0) is 6.54 Å². The predicted molar refractivity (Wildman–Crippen MR) is 111 cm³/mol. The molecule has 0 atom stereocenters. The van der Waals surface area contributed by atoms with Gasteiger partial charge in [-0.05, 0) is 52.7 Å². The summed E-state index contributed by atoms with van der Waals surface area (Å²) < 4.78 is 1.55. The van der Waals surface area contributed by atoms with E-state index in [9.17, 15) is 4.79 Å². The lowest BCUT2D eigenvalue weighted by Crippen LogP contribution is -2.49. The molecule has 0 unspecified atom stereocenters. The minimum atomic E-state index is -0.106. The van der Waals surface area contributed by atoms with Gasteiger partial charge in [0.25, 0.3) is 0 Å². The number of urea groups is 1. The van der Waals surface area contributed by atoms with E-state index in [1.807, 2.05) is 54.3 Å². The third kappa shape index (κ3) is 4.45. The van der Waals surface area contributed by atoms with E-state index >= 15 is 0 Å². The highest BCUT2D eigenvalue weighted by atomic mass is 16.2. The molecule has 4 rings (SSSR count). The lowest BCUT2D eigenvalue weighted by molar-refractivity contribution is 0.143. The fourth-order valence-corrected chi connectivity index (χ4v) is 3.41. The first kappa shape index (κ1) is 19.5. The average molecular weight is 402 g/mol. The summed E-state index contributed by atoms with van der Waals surface area (Å²) in [5.74, 6) is 0. The maximum Gasteiger partial charge on any atom is 0.321 e. The fourth-order valence-electron chi connectivity index (χ4n) is 3.41. The molecule has 0 radical (unpaired) electrons. The number of nitrogens with one attached hydrogen (secondary N) is 1. The van der Waals surface area contributed by atoms with Crippen LogP contribution < -0.4 is 5.32 Å². The van der Waals surface area contributed by atoms with E-state index in [2.05, 4.69) is 31.8 Å². The molecule has 0 spiro atoms. The normalized spacial score (nSPS) is 14.3. The van der Waals surface area contributed by atoms with Gasteiger partial charge in [0.1, 0.15) is 6.33 Å². The number of rotatable bonds is 4. The largest absolute Gasteiger partial charge is 0.322 e. The van der Waals surface area contributed by atoms with Crippen LogP contribution in [-0.4, -0.2) is 62.2 Å². The van der Waals surface area contributed by atoms with Gasteiger partial charge in [-0.2, -0.15) is 5.26 Å². The standard InChI is InChI=1S/C21H22N8O/c1-16-2-7-19(29-15-23-25-26-29)12-20(16)24-21(30)28-10-8-27(9-11-28)14-18-5-3-17(13-22)4-6-18/h2-7,12,15H,8-11,14H2,1H3,(H,24,30). The van der Waals surface area contributed by atoms with E-state index in [4.69, 9.17) is 5.26 Å². The van der Waals surface area contributed by atoms with Gasteiger partial charge in [0, 0.05) is 38.4 Å². The number of piperazine rings is 1. The van der Waals surface area contributed by atoms with Gasteiger partial charge in [-0.25, -0.2) is 9.48 Å². The van der Waals surface area contributed by atoms with Crippen molar-refractivity contribution in [1.29, 1.82) is 5.26 Å². The Kier molecular flexibility index (Phi) is 5.68. The number of tetrazole rings is 1. The molecule has 2 aromatic carbocycles. The van der Waals surface area contributed by atoms with Crippen LogP contribution in [0.25, 0.3) is 5.69 Å². The third-order valence-corrected chi connectivity index (χ3v) is 5.23. The Morgan fingerprint density at radius 2 is 1.90 bits per heavy atom. The van der Waals surface area contributed by atoms with E-state index < -0.39 is 0 Å². The van der Waals surface area contributed by atoms with E-state index in [-0.39, 0.29) is 6.03 Å². The lowest BCUT2D eigenvalue weighted by atomic mass is 10.1. The van der Waals surface area contributed by atoms with Gasteiger partial charge in [-0.15, -0.1) is 5.10 Å². The first-order valence-electron chi connectivity index (χ1n) is 9.74. The van der Waals surface area contributed by atoms with Crippen LogP contribution in [0.5, 0.6) is 0 Å². The molecule has 0 bridgehead atoms. The molecule has 30 heavy (non-hydrogen) atoms. The maximum atomic E-state index is 12.8. The number of anilines is 1. The molecule has 152 valence electrons. The second-order valence-electron chi connectivity index (χ2n) is 7.26. The summed E-state index contributed by atoms with van der Waals surface area (Å²) in [4.78, 5) is 16.9. The highest BCUT2D eigenvalue weighted by molar-refractivity contribution is 5.90. The number of benzene rings is 2. The zero-order valence-electron chi connectivity index (χ0n) is 16.7. The van der Waals surface area contributed by atoms with Crippen molar-refractivity contribution in [2.24, 2.45) is 0 Å². The zero-order valence-corrected chi connectivity index (χ0v) is 16.7. The first-order chi connectivity index (χ1) is 14.6. The van der Waals surface area contributed by atoms with Crippen molar-refractivity contribution in [3.05, 3.63) is 65.5 Å². The number of hydrogen-bond acceptors (Lipinski definition) is 6. The Hall–Kier alpha value is -3.77. The number of carbonyl (C=O) groups is 1. The molecular formula is C21H22N8O. The van der Waals surface area contributed by atoms with Crippen molar-refractivity contribution in [1.82, 2.24) is 30.0 Å². The summed E-state index contributed by atoms with van der Waals surface area (Å²) >= 11 is 0. The summed E-state index contributed by atoms with van der Waals surface area (Å²) in [7, 11) is 0. The minimum Gasteiger partial charge on any atom is -0.322 e. The molecule has 1 saturated heterocycles. The van der Waals surface area contributed by atoms with Crippen molar-refractivity contribution in [2.45, 2.75) is 13.5 Å². The highest BCUT2D eigenvalue weighted by Gasteiger charge is 2.21. The molecule has 0 aliphatic carbocycles. The monoisotopic (exact) mass is 402 g/mol. The van der Waals surface area contributed by atoms with Crippen molar-refractivity contribution in [3.63, 3.8) is 0 Å². The summed E-state index contributed by atoms with van der Waals surface area (Å²) in [6, 6.07) is 15.4. The number of carbonyl (C=O) groups excluding carboxylic acids is 1. The van der Waals surface area contributed by atoms with Gasteiger partial charge in [0.2, 0.25) is 0 Å². The summed E-state index contributed by atoms with van der Waals surface area (Å²) in [6.45, 7) is 5.69. The minimum absolute atomic E-state index is 0.106. The van der Waals surface area contributed by atoms with Crippen molar-refractivity contribution >= 4 is 11.7 Å². The molecule has 3 aromatic rings. The Morgan fingerprint density at radius 3 is 2.57 bits per heavy atom. The van der Waals surface area contributed by atoms with Gasteiger partial charge in [0.05, 0.1) is 17.3 Å². The smallest absolute Gasteiger partial charge is 0.321 e. The van der Waals surface area contributed by atoms with Crippen molar-refractivity contribution in [2.75, 3.05) is 31.5 Å². The van der Waals surface area contributed by atoms with Crippen LogP contribution in [0.2, 0.25) is 0 Å². The number of aryl methyl sites for hydroxylation is 1. The molecule has 1 aromatic heterocycles. The third-order valence-electron chi connectivity index (χ3n) is 5.23. The zero-order chi connectivity index (χ0) is 20.9. The molecular weight excluding hydrogens is 380 g/mol. The highest BCUT2D eigenvalue weighted by Crippen LogP contribution is 2.20. The van der Waals surface area contributed by atoms with Crippen LogP contribution in [0, 0.1) is 18.3 Å². The topological polar surface area (TPSA) is 103 Å². The Bertz CT molecular complexity index is 1050. The van der Waals surface area contributed by atoms with E-state index in [0.29, 0.717) is 18.7 Å². The average Bonchev–Trinajstić information content (AvgIpc) is 3.31. The molecule has 9 heteroatoms. The van der Waals surface area contributed by atoms with Crippen LogP contribution in [0.1, 0.15) is 16.7 Å². The van der Waals surface area contributed by atoms with E-state index in [0.717, 1.165) is 36.6 Å². The Morgan fingerprint density at radius 1 is 1.13 bits per heavy atom. The van der Waals surface area contributed by atoms with Crippen LogP contribution >= 0.6 is 0 Å². The number of hydrogen-bond donors (Lipinski definition) is 1. The number of nitriles is 1. The van der Waals surface area contributed by atoms with Gasteiger partial charge in [-0.1, -0.05) is 18.2 Å². The molecule has 2 heterocycles. The van der Waals surface area contributed by atoms with Gasteiger partial charge < -0.3 is 10.2 Å². The molecule has 1 fully saturated rings. The lowest BCUT2D eigenvalue weighted by Gasteiger charge is -2.34. The molecule has 9 nitrogen and oxygen atoms in total. The van der Waals surface area contributed by atoms with Crippen molar-refractivity contribution in [3.8, 4) is 11.8 Å². The maximum absolute atomic E-state index is 12.8. The summed E-state index contributed by atoms with van der Waals surface area (Å²) in [6.07, 6.45) is 1.52. The molecule has 2 amide bonds. The van der Waals surface area contributed by atoms with Gasteiger partial charge in [-0.3, -0.25) is 4.90 Å².